The molecule has 7 atom stereocenters. The predicted molar refractivity (Wildman–Crippen MR) is 400 cm³/mol. The van der Waals surface area contributed by atoms with Gasteiger partial charge in [-0.05, 0) is 43.4 Å². The fraction of sp³-hybridized carbons (Fsp3) is 0.949. The Morgan fingerprint density at radius 3 is 0.776 bits per heavy atom. The van der Waals surface area contributed by atoms with Crippen LogP contribution in [0.25, 0.3) is 0 Å². The molecule has 4 unspecified atom stereocenters. The highest BCUT2D eigenvalue weighted by Crippen LogP contribution is 2.45. The van der Waals surface area contributed by atoms with Gasteiger partial charge in [0.2, 0.25) is 0 Å². The lowest BCUT2D eigenvalue weighted by atomic mass is 9.99. The number of aliphatic hydroxyl groups is 1. The van der Waals surface area contributed by atoms with E-state index < -0.39 is 97.5 Å². The molecule has 0 fully saturated rings. The Morgan fingerprint density at radius 1 is 0.296 bits per heavy atom. The van der Waals surface area contributed by atoms with Crippen molar-refractivity contribution < 1.29 is 80.2 Å². The van der Waals surface area contributed by atoms with Gasteiger partial charge in [-0.3, -0.25) is 37.3 Å². The van der Waals surface area contributed by atoms with Gasteiger partial charge in [-0.15, -0.1) is 0 Å². The molecule has 0 aliphatic heterocycles. The lowest BCUT2D eigenvalue weighted by Crippen LogP contribution is -2.30. The van der Waals surface area contributed by atoms with Crippen LogP contribution >= 0.6 is 15.6 Å². The Kier molecular flexibility index (Phi) is 68.1. The molecule has 17 nitrogen and oxygen atoms in total. The van der Waals surface area contributed by atoms with Crippen LogP contribution in [0.15, 0.2) is 0 Å². The van der Waals surface area contributed by atoms with E-state index in [0.29, 0.717) is 25.7 Å². The van der Waals surface area contributed by atoms with Crippen LogP contribution < -0.4 is 0 Å². The number of unbranched alkanes of at least 4 members (excludes halogenated alkanes) is 43. The van der Waals surface area contributed by atoms with Crippen LogP contribution in [0.2, 0.25) is 0 Å². The SMILES string of the molecule is CCCCCCCCCCCCCCCCCCCCCCCCC(=O)O[C@H](COC(=O)CCCCCCCCCCCC(C)C)COP(=O)(O)OC[C@@H](O)COP(=O)(O)OC[C@@H](COC(=O)CCCCCCCCCCC(C)CC)OC(=O)CCCCCCCCCCC(C)CC. The van der Waals surface area contributed by atoms with Crippen LogP contribution in [-0.4, -0.2) is 96.7 Å². The van der Waals surface area contributed by atoms with Crippen LogP contribution in [0.1, 0.15) is 408 Å². The first kappa shape index (κ1) is 96.1. The van der Waals surface area contributed by atoms with Gasteiger partial charge in [-0.1, -0.05) is 357 Å². The van der Waals surface area contributed by atoms with Crippen LogP contribution in [-0.2, 0) is 65.4 Å². The number of hydrogen-bond donors (Lipinski definition) is 3. The zero-order valence-electron chi connectivity index (χ0n) is 64.3. The average Bonchev–Trinajstić information content (AvgIpc) is 0.931. The van der Waals surface area contributed by atoms with E-state index >= 15 is 0 Å². The van der Waals surface area contributed by atoms with Crippen molar-refractivity contribution in [1.29, 1.82) is 0 Å². The molecular weight excluding hydrogens is 1280 g/mol. The molecule has 0 saturated carbocycles. The van der Waals surface area contributed by atoms with E-state index in [1.165, 1.54) is 218 Å². The fourth-order valence-electron chi connectivity index (χ4n) is 12.1. The number of ether oxygens (including phenoxy) is 4. The Balaban J connectivity index is 5.20. The Hall–Kier alpha value is -1.94. The Bertz CT molecular complexity index is 1910. The largest absolute Gasteiger partial charge is 0.472 e. The second kappa shape index (κ2) is 69.4. The van der Waals surface area contributed by atoms with Crippen LogP contribution in [0.3, 0.4) is 0 Å². The zero-order valence-corrected chi connectivity index (χ0v) is 66.0. The first-order valence-electron chi connectivity index (χ1n) is 40.9. The highest BCUT2D eigenvalue weighted by atomic mass is 31.2. The van der Waals surface area contributed by atoms with Crippen LogP contribution in [0.5, 0.6) is 0 Å². The second-order valence-corrected chi connectivity index (χ2v) is 32.3. The normalized spacial score (nSPS) is 14.6. The van der Waals surface area contributed by atoms with E-state index in [-0.39, 0.29) is 25.7 Å². The molecule has 582 valence electrons. The molecule has 0 aromatic carbocycles. The van der Waals surface area contributed by atoms with Crippen molar-refractivity contribution >= 4 is 39.5 Å². The van der Waals surface area contributed by atoms with E-state index in [1.807, 2.05) is 0 Å². The molecule has 3 N–H and O–H groups in total. The molecule has 0 rings (SSSR count). The van der Waals surface area contributed by atoms with Crippen molar-refractivity contribution in [3.05, 3.63) is 0 Å². The summed E-state index contributed by atoms with van der Waals surface area (Å²) in [6.45, 7) is 11.9. The average molecular weight is 1440 g/mol. The molecule has 0 radical (unpaired) electrons. The summed E-state index contributed by atoms with van der Waals surface area (Å²) in [5.41, 5.74) is 0. The predicted octanol–water partition coefficient (Wildman–Crippen LogP) is 23.4. The Morgan fingerprint density at radius 2 is 0.520 bits per heavy atom. The van der Waals surface area contributed by atoms with Crippen molar-refractivity contribution in [3.63, 3.8) is 0 Å². The summed E-state index contributed by atoms with van der Waals surface area (Å²) in [6, 6.07) is 0. The maximum atomic E-state index is 13.1. The second-order valence-electron chi connectivity index (χ2n) is 29.4. The molecule has 0 aliphatic carbocycles. The number of hydrogen-bond acceptors (Lipinski definition) is 15. The molecule has 0 spiro atoms. The third kappa shape index (κ3) is 69.8. The molecular formula is C79H154O17P2. The minimum atomic E-state index is -4.96. The number of aliphatic hydroxyl groups excluding tert-OH is 1. The summed E-state index contributed by atoms with van der Waals surface area (Å²) in [7, 11) is -9.92. The van der Waals surface area contributed by atoms with Crippen molar-refractivity contribution in [3.8, 4) is 0 Å². The summed E-state index contributed by atoms with van der Waals surface area (Å²) in [6.07, 6.45) is 57.0. The number of phosphoric acid groups is 2. The van der Waals surface area contributed by atoms with Gasteiger partial charge in [0.25, 0.3) is 0 Å². The van der Waals surface area contributed by atoms with Crippen LogP contribution in [0, 0.1) is 17.8 Å². The van der Waals surface area contributed by atoms with E-state index in [1.54, 1.807) is 0 Å². The van der Waals surface area contributed by atoms with Gasteiger partial charge in [0.1, 0.15) is 19.3 Å². The van der Waals surface area contributed by atoms with Gasteiger partial charge in [-0.2, -0.15) is 0 Å². The van der Waals surface area contributed by atoms with Gasteiger partial charge < -0.3 is 33.8 Å². The first-order valence-corrected chi connectivity index (χ1v) is 43.9. The minimum Gasteiger partial charge on any atom is -0.462 e. The van der Waals surface area contributed by atoms with E-state index in [9.17, 15) is 43.2 Å². The summed E-state index contributed by atoms with van der Waals surface area (Å²) >= 11 is 0. The quantitative estimate of drug-likeness (QED) is 0.0222. The maximum absolute atomic E-state index is 13.1. The first-order chi connectivity index (χ1) is 47.3. The highest BCUT2D eigenvalue weighted by Gasteiger charge is 2.30. The summed E-state index contributed by atoms with van der Waals surface area (Å²) in [5.74, 6) is 0.173. The van der Waals surface area contributed by atoms with Gasteiger partial charge in [0.15, 0.2) is 12.2 Å². The minimum absolute atomic E-state index is 0.104. The molecule has 19 heteroatoms. The number of rotatable bonds is 77. The van der Waals surface area contributed by atoms with Crippen molar-refractivity contribution in [2.75, 3.05) is 39.6 Å². The molecule has 0 aromatic heterocycles. The van der Waals surface area contributed by atoms with Gasteiger partial charge in [-0.25, -0.2) is 9.13 Å². The molecule has 0 saturated heterocycles. The van der Waals surface area contributed by atoms with Crippen molar-refractivity contribution in [2.24, 2.45) is 17.8 Å². The number of phosphoric ester groups is 2. The maximum Gasteiger partial charge on any atom is 0.472 e. The lowest BCUT2D eigenvalue weighted by Gasteiger charge is -2.21. The van der Waals surface area contributed by atoms with Crippen molar-refractivity contribution in [1.82, 2.24) is 0 Å². The van der Waals surface area contributed by atoms with E-state index in [0.717, 1.165) is 108 Å². The fourth-order valence-corrected chi connectivity index (χ4v) is 13.6. The zero-order chi connectivity index (χ0) is 72.3. The smallest absolute Gasteiger partial charge is 0.462 e. The molecule has 0 aliphatic rings. The highest BCUT2D eigenvalue weighted by molar-refractivity contribution is 7.47. The molecule has 0 aromatic rings. The summed E-state index contributed by atoms with van der Waals surface area (Å²) in [5, 5.41) is 10.6. The summed E-state index contributed by atoms with van der Waals surface area (Å²) in [4.78, 5) is 72.9. The molecule has 0 bridgehead atoms. The molecule has 98 heavy (non-hydrogen) atoms. The van der Waals surface area contributed by atoms with E-state index in [2.05, 4.69) is 48.5 Å². The number of carbonyl (C=O) groups is 4. The molecule has 0 amide bonds. The third-order valence-electron chi connectivity index (χ3n) is 19.1. The number of carbonyl (C=O) groups excluding carboxylic acids is 4. The van der Waals surface area contributed by atoms with Gasteiger partial charge in [0, 0.05) is 25.7 Å². The summed E-state index contributed by atoms with van der Waals surface area (Å²) < 4.78 is 68.6. The monoisotopic (exact) mass is 1440 g/mol. The Labute approximate surface area is 600 Å². The topological polar surface area (TPSA) is 237 Å². The van der Waals surface area contributed by atoms with Gasteiger partial charge in [0.05, 0.1) is 26.4 Å². The van der Waals surface area contributed by atoms with Gasteiger partial charge >= 0.3 is 39.5 Å². The van der Waals surface area contributed by atoms with Crippen LogP contribution in [0.4, 0.5) is 0 Å². The molecule has 0 heterocycles. The number of esters is 4. The lowest BCUT2D eigenvalue weighted by molar-refractivity contribution is -0.161. The van der Waals surface area contributed by atoms with E-state index in [4.69, 9.17) is 37.0 Å². The van der Waals surface area contributed by atoms with Crippen molar-refractivity contribution in [2.45, 2.75) is 426 Å². The third-order valence-corrected chi connectivity index (χ3v) is 21.0. The standard InChI is InChI=1S/C79H154O17P2/c1-8-11-12-13-14-15-16-17-18-19-20-21-22-23-24-25-26-27-30-41-48-55-62-78(83)95-74(66-89-76(81)60-53-46-39-31-28-29-36-43-50-57-70(4)5)68-93-97(85,86)91-64-73(80)65-92-98(87,88)94-69-75(96-79(84)63-56-49-42-35-33-38-45-52-59-72(7)10-3)67-90-77(82)61-54-47-40-34-32-37-44-51-58-71(6)9-2/h70-75,80H,8-69H2,1-7H3,(H,85,86)(H,87,88)/t71?,72?,73-,74-,75-/m1/s1.